The van der Waals surface area contributed by atoms with Crippen LogP contribution in [0.5, 0.6) is 0 Å². The smallest absolute Gasteiger partial charge is 0.227 e. The van der Waals surface area contributed by atoms with Crippen molar-refractivity contribution in [2.75, 3.05) is 5.32 Å². The van der Waals surface area contributed by atoms with Gasteiger partial charge in [0.05, 0.1) is 6.10 Å². The molecule has 1 aliphatic carbocycles. The molecule has 0 aromatic heterocycles. The molecule has 1 aliphatic rings. The molecule has 21 heavy (non-hydrogen) atoms. The van der Waals surface area contributed by atoms with E-state index in [0.29, 0.717) is 5.92 Å². The summed E-state index contributed by atoms with van der Waals surface area (Å²) in [6.45, 7) is 8.43. The van der Waals surface area contributed by atoms with Gasteiger partial charge in [-0.2, -0.15) is 0 Å². The fraction of sp³-hybridized carbons (Fsp3) is 0.611. The van der Waals surface area contributed by atoms with Crippen LogP contribution in [0.15, 0.2) is 24.3 Å². The highest BCUT2D eigenvalue weighted by Gasteiger charge is 2.35. The molecule has 2 rings (SSSR count). The van der Waals surface area contributed by atoms with Crippen molar-refractivity contribution in [2.24, 2.45) is 17.3 Å². The molecule has 0 aliphatic heterocycles. The molecule has 1 amide bonds. The molecule has 0 radical (unpaired) electrons. The Balaban J connectivity index is 2.11. The van der Waals surface area contributed by atoms with Crippen LogP contribution in [0.4, 0.5) is 5.69 Å². The maximum atomic E-state index is 12.6. The average molecular weight is 289 g/mol. The van der Waals surface area contributed by atoms with E-state index in [0.717, 1.165) is 24.1 Å². The maximum absolute atomic E-state index is 12.6. The highest BCUT2D eigenvalue weighted by molar-refractivity contribution is 5.93. The molecule has 0 saturated heterocycles. The first-order chi connectivity index (χ1) is 9.78. The molecule has 1 aromatic carbocycles. The van der Waals surface area contributed by atoms with Gasteiger partial charge in [0.1, 0.15) is 0 Å². The van der Waals surface area contributed by atoms with Crippen LogP contribution in [0.25, 0.3) is 0 Å². The maximum Gasteiger partial charge on any atom is 0.227 e. The fourth-order valence-electron chi connectivity index (χ4n) is 3.76. The molecule has 1 fully saturated rings. The van der Waals surface area contributed by atoms with Crippen molar-refractivity contribution in [3.63, 3.8) is 0 Å². The van der Waals surface area contributed by atoms with Crippen LogP contribution in [0, 0.1) is 17.3 Å². The van der Waals surface area contributed by atoms with E-state index in [2.05, 4.69) is 26.1 Å². The summed E-state index contributed by atoms with van der Waals surface area (Å²) in [4.78, 5) is 12.6. The topological polar surface area (TPSA) is 49.3 Å². The number of para-hydroxylation sites is 1. The summed E-state index contributed by atoms with van der Waals surface area (Å²) in [7, 11) is 0. The lowest BCUT2D eigenvalue weighted by molar-refractivity contribution is -0.122. The van der Waals surface area contributed by atoms with Gasteiger partial charge in [-0.05, 0) is 43.6 Å². The van der Waals surface area contributed by atoms with Gasteiger partial charge in [0.25, 0.3) is 0 Å². The van der Waals surface area contributed by atoms with Gasteiger partial charge in [-0.15, -0.1) is 0 Å². The molecule has 3 unspecified atom stereocenters. The summed E-state index contributed by atoms with van der Waals surface area (Å²) in [6, 6.07) is 7.48. The molecule has 3 nitrogen and oxygen atoms in total. The zero-order valence-corrected chi connectivity index (χ0v) is 13.5. The molecule has 3 atom stereocenters. The Morgan fingerprint density at radius 2 is 2.00 bits per heavy atom. The van der Waals surface area contributed by atoms with Gasteiger partial charge < -0.3 is 10.4 Å². The largest absolute Gasteiger partial charge is 0.389 e. The van der Waals surface area contributed by atoms with Gasteiger partial charge in [-0.1, -0.05) is 39.0 Å². The zero-order chi connectivity index (χ0) is 15.6. The zero-order valence-electron chi connectivity index (χ0n) is 13.5. The van der Waals surface area contributed by atoms with Gasteiger partial charge >= 0.3 is 0 Å². The Hall–Kier alpha value is -1.35. The second kappa shape index (κ2) is 6.18. The summed E-state index contributed by atoms with van der Waals surface area (Å²) in [5.74, 6) is 0.727. The molecule has 3 heteroatoms. The number of benzene rings is 1. The normalized spacial score (nSPS) is 26.1. The van der Waals surface area contributed by atoms with Gasteiger partial charge in [-0.25, -0.2) is 0 Å². The molecule has 0 bridgehead atoms. The Morgan fingerprint density at radius 1 is 1.33 bits per heavy atom. The summed E-state index contributed by atoms with van der Waals surface area (Å²) in [5.41, 5.74) is 1.73. The first-order valence-electron chi connectivity index (χ1n) is 7.86. The number of aliphatic hydroxyl groups is 1. The van der Waals surface area contributed by atoms with E-state index >= 15 is 0 Å². The Morgan fingerprint density at radius 3 is 2.62 bits per heavy atom. The highest BCUT2D eigenvalue weighted by Crippen LogP contribution is 2.42. The van der Waals surface area contributed by atoms with Crippen molar-refractivity contribution in [2.45, 2.75) is 53.1 Å². The van der Waals surface area contributed by atoms with Crippen molar-refractivity contribution < 1.29 is 9.90 Å². The number of carbonyl (C=O) groups excluding carboxylic acids is 1. The first kappa shape index (κ1) is 16.0. The van der Waals surface area contributed by atoms with Gasteiger partial charge in [0.15, 0.2) is 0 Å². The summed E-state index contributed by atoms with van der Waals surface area (Å²) in [6.07, 6.45) is 2.48. The van der Waals surface area contributed by atoms with Gasteiger partial charge in [0.2, 0.25) is 5.91 Å². The molecule has 0 spiro atoms. The van der Waals surface area contributed by atoms with Crippen LogP contribution < -0.4 is 5.32 Å². The van der Waals surface area contributed by atoms with E-state index in [-0.39, 0.29) is 17.2 Å². The standard InChI is InChI=1S/C18H27NO2/c1-12-9-14(11-18(3,4)10-12)17(21)19-16-8-6-5-7-15(16)13(2)20/h5-8,12-14,20H,9-11H2,1-4H3,(H,19,21). The number of hydrogen-bond donors (Lipinski definition) is 2. The monoisotopic (exact) mass is 289 g/mol. The number of aliphatic hydroxyl groups excluding tert-OH is 1. The lowest BCUT2D eigenvalue weighted by Crippen LogP contribution is -2.35. The SMILES string of the molecule is CC1CC(C(=O)Nc2ccccc2C(C)O)CC(C)(C)C1. The number of nitrogens with one attached hydrogen (secondary N) is 1. The predicted molar refractivity (Wildman–Crippen MR) is 86.0 cm³/mol. The lowest BCUT2D eigenvalue weighted by Gasteiger charge is -2.38. The van der Waals surface area contributed by atoms with Crippen molar-refractivity contribution in [3.8, 4) is 0 Å². The van der Waals surface area contributed by atoms with Gasteiger partial charge in [-0.3, -0.25) is 4.79 Å². The Bertz CT molecular complexity index is 508. The van der Waals surface area contributed by atoms with Crippen molar-refractivity contribution >= 4 is 11.6 Å². The molecular weight excluding hydrogens is 262 g/mol. The second-order valence-corrected chi connectivity index (χ2v) is 7.36. The van der Waals surface area contributed by atoms with E-state index in [9.17, 15) is 9.90 Å². The van der Waals surface area contributed by atoms with Crippen LogP contribution in [0.2, 0.25) is 0 Å². The average Bonchev–Trinajstić information content (AvgIpc) is 2.36. The molecule has 1 aromatic rings. The third-order valence-electron chi connectivity index (χ3n) is 4.43. The summed E-state index contributed by atoms with van der Waals surface area (Å²) < 4.78 is 0. The third kappa shape index (κ3) is 4.07. The number of carbonyl (C=O) groups is 1. The minimum absolute atomic E-state index is 0.0609. The van der Waals surface area contributed by atoms with Crippen molar-refractivity contribution in [3.05, 3.63) is 29.8 Å². The second-order valence-electron chi connectivity index (χ2n) is 7.36. The van der Waals surface area contributed by atoms with Crippen LogP contribution in [0.1, 0.15) is 58.6 Å². The molecule has 116 valence electrons. The predicted octanol–water partition coefficient (Wildman–Crippen LogP) is 4.14. The van der Waals surface area contributed by atoms with Crippen LogP contribution in [0.3, 0.4) is 0 Å². The van der Waals surface area contributed by atoms with E-state index < -0.39 is 6.10 Å². The summed E-state index contributed by atoms with van der Waals surface area (Å²) >= 11 is 0. The van der Waals surface area contributed by atoms with E-state index in [1.54, 1.807) is 6.92 Å². The van der Waals surface area contributed by atoms with E-state index in [4.69, 9.17) is 0 Å². The highest BCUT2D eigenvalue weighted by atomic mass is 16.3. The lowest BCUT2D eigenvalue weighted by atomic mass is 9.68. The Labute approximate surface area is 127 Å². The number of rotatable bonds is 3. The molecular formula is C18H27NO2. The number of anilines is 1. The van der Waals surface area contributed by atoms with E-state index in [1.165, 1.54) is 6.42 Å². The summed E-state index contributed by atoms with van der Waals surface area (Å²) in [5, 5.41) is 12.8. The van der Waals surface area contributed by atoms with Crippen LogP contribution in [-0.4, -0.2) is 11.0 Å². The quantitative estimate of drug-likeness (QED) is 0.878. The molecule has 1 saturated carbocycles. The molecule has 2 N–H and O–H groups in total. The van der Waals surface area contributed by atoms with Crippen LogP contribution in [-0.2, 0) is 4.79 Å². The fourth-order valence-corrected chi connectivity index (χ4v) is 3.76. The van der Waals surface area contributed by atoms with E-state index in [1.807, 2.05) is 24.3 Å². The number of amides is 1. The molecule has 0 heterocycles. The van der Waals surface area contributed by atoms with Gasteiger partial charge in [0, 0.05) is 17.2 Å². The Kier molecular flexibility index (Phi) is 4.72. The number of hydrogen-bond acceptors (Lipinski definition) is 2. The first-order valence-corrected chi connectivity index (χ1v) is 7.86. The van der Waals surface area contributed by atoms with Crippen molar-refractivity contribution in [1.82, 2.24) is 0 Å². The van der Waals surface area contributed by atoms with Crippen molar-refractivity contribution in [1.29, 1.82) is 0 Å². The minimum atomic E-state index is -0.580. The van der Waals surface area contributed by atoms with Crippen LogP contribution >= 0.6 is 0 Å². The third-order valence-corrected chi connectivity index (χ3v) is 4.43. The minimum Gasteiger partial charge on any atom is -0.389 e.